The van der Waals surface area contributed by atoms with Gasteiger partial charge >= 0.3 is 5.97 Å². The van der Waals surface area contributed by atoms with Crippen LogP contribution in [0.25, 0.3) is 0 Å². The molecule has 4 nitrogen and oxygen atoms in total. The maximum Gasteiger partial charge on any atom is 0.330 e. The van der Waals surface area contributed by atoms with Gasteiger partial charge in [0.25, 0.3) is 0 Å². The largest absolute Gasteiger partial charge is 0.479 e. The molecule has 0 fully saturated rings. The number of carbonyl (C=O) groups is 2. The first-order chi connectivity index (χ1) is 10.4. The standard InChI is InChI=1S/C16H16ClNO3S/c1-9-4-3-5-12(10(9)2)15(16(20)21)18-14(19)8-11-6-7-13(17)22-11/h3-7,15H,8H2,1-2H3,(H,18,19)(H,20,21). The van der Waals surface area contributed by atoms with Crippen LogP contribution in [0.15, 0.2) is 30.3 Å². The molecule has 1 unspecified atom stereocenters. The number of aryl methyl sites for hydroxylation is 1. The molecule has 116 valence electrons. The van der Waals surface area contributed by atoms with Crippen molar-refractivity contribution in [3.63, 3.8) is 0 Å². The highest BCUT2D eigenvalue weighted by atomic mass is 35.5. The van der Waals surface area contributed by atoms with Crippen LogP contribution in [0.4, 0.5) is 0 Å². The maximum atomic E-state index is 12.1. The van der Waals surface area contributed by atoms with Gasteiger partial charge in [-0.3, -0.25) is 4.79 Å². The van der Waals surface area contributed by atoms with Crippen molar-refractivity contribution < 1.29 is 14.7 Å². The van der Waals surface area contributed by atoms with Crippen LogP contribution in [0.2, 0.25) is 4.34 Å². The Hall–Kier alpha value is -1.85. The molecule has 1 heterocycles. The third-order valence-corrected chi connectivity index (χ3v) is 4.70. The van der Waals surface area contributed by atoms with E-state index < -0.39 is 12.0 Å². The second-order valence-corrected chi connectivity index (χ2v) is 6.81. The Balaban J connectivity index is 2.17. The first-order valence-electron chi connectivity index (χ1n) is 6.71. The Morgan fingerprint density at radius 1 is 1.27 bits per heavy atom. The molecule has 0 spiro atoms. The van der Waals surface area contributed by atoms with Gasteiger partial charge in [0.05, 0.1) is 10.8 Å². The van der Waals surface area contributed by atoms with Gasteiger partial charge in [0.1, 0.15) is 0 Å². The third-order valence-electron chi connectivity index (χ3n) is 3.47. The number of carboxylic acids is 1. The topological polar surface area (TPSA) is 66.4 Å². The number of hydrogen-bond donors (Lipinski definition) is 2. The summed E-state index contributed by atoms with van der Waals surface area (Å²) in [6.07, 6.45) is 0.117. The minimum absolute atomic E-state index is 0.117. The van der Waals surface area contributed by atoms with Crippen LogP contribution in [0.3, 0.4) is 0 Å². The summed E-state index contributed by atoms with van der Waals surface area (Å²) >= 11 is 7.14. The first-order valence-corrected chi connectivity index (χ1v) is 7.90. The number of thiophene rings is 1. The average Bonchev–Trinajstić information content (AvgIpc) is 2.84. The van der Waals surface area contributed by atoms with E-state index in [-0.39, 0.29) is 12.3 Å². The van der Waals surface area contributed by atoms with Crippen LogP contribution >= 0.6 is 22.9 Å². The van der Waals surface area contributed by atoms with Crippen LogP contribution in [-0.4, -0.2) is 17.0 Å². The number of rotatable bonds is 5. The molecular weight excluding hydrogens is 322 g/mol. The molecule has 0 saturated heterocycles. The van der Waals surface area contributed by atoms with Crippen molar-refractivity contribution >= 4 is 34.8 Å². The third kappa shape index (κ3) is 3.87. The lowest BCUT2D eigenvalue weighted by Gasteiger charge is -2.18. The van der Waals surface area contributed by atoms with Crippen LogP contribution in [0.5, 0.6) is 0 Å². The summed E-state index contributed by atoms with van der Waals surface area (Å²) in [7, 11) is 0. The number of carboxylic acid groups (broad SMARTS) is 1. The minimum atomic E-state index is -1.08. The molecule has 0 bridgehead atoms. The number of carbonyl (C=O) groups excluding carboxylic acids is 1. The van der Waals surface area contributed by atoms with E-state index >= 15 is 0 Å². The van der Waals surface area contributed by atoms with Crippen LogP contribution < -0.4 is 5.32 Å². The zero-order valence-corrected chi connectivity index (χ0v) is 13.8. The number of halogens is 1. The zero-order valence-electron chi connectivity index (χ0n) is 12.2. The summed E-state index contributed by atoms with van der Waals surface area (Å²) in [5, 5.41) is 12.0. The molecule has 1 amide bonds. The molecule has 22 heavy (non-hydrogen) atoms. The van der Waals surface area contributed by atoms with E-state index in [1.54, 1.807) is 24.3 Å². The van der Waals surface area contributed by atoms with Gasteiger partial charge in [-0.25, -0.2) is 4.79 Å². The molecule has 2 N–H and O–H groups in total. The van der Waals surface area contributed by atoms with Crippen LogP contribution in [0, 0.1) is 13.8 Å². The van der Waals surface area contributed by atoms with Crippen molar-refractivity contribution in [3.8, 4) is 0 Å². The maximum absolute atomic E-state index is 12.1. The summed E-state index contributed by atoms with van der Waals surface area (Å²) < 4.78 is 0.604. The fourth-order valence-corrected chi connectivity index (χ4v) is 3.26. The lowest BCUT2D eigenvalue weighted by molar-refractivity contribution is -0.142. The van der Waals surface area contributed by atoms with Gasteiger partial charge < -0.3 is 10.4 Å². The molecule has 1 aromatic heterocycles. The highest BCUT2D eigenvalue weighted by Gasteiger charge is 2.24. The van der Waals surface area contributed by atoms with Gasteiger partial charge in [-0.2, -0.15) is 0 Å². The molecule has 0 aliphatic heterocycles. The lowest BCUT2D eigenvalue weighted by atomic mass is 9.97. The minimum Gasteiger partial charge on any atom is -0.479 e. The molecule has 6 heteroatoms. The second-order valence-electron chi connectivity index (χ2n) is 5.01. The Morgan fingerprint density at radius 2 is 2.00 bits per heavy atom. The quantitative estimate of drug-likeness (QED) is 0.877. The van der Waals surface area contributed by atoms with Crippen molar-refractivity contribution in [1.82, 2.24) is 5.32 Å². The van der Waals surface area contributed by atoms with Crippen LogP contribution in [-0.2, 0) is 16.0 Å². The van der Waals surface area contributed by atoms with Crippen LogP contribution in [0.1, 0.15) is 27.6 Å². The molecule has 0 saturated carbocycles. The highest BCUT2D eigenvalue weighted by Crippen LogP contribution is 2.23. The second kappa shape index (κ2) is 6.94. The van der Waals surface area contributed by atoms with Crippen molar-refractivity contribution in [3.05, 3.63) is 56.2 Å². The molecule has 1 aromatic carbocycles. The molecular formula is C16H16ClNO3S. The Labute approximate surface area is 137 Å². The average molecular weight is 338 g/mol. The summed E-state index contributed by atoms with van der Waals surface area (Å²) in [4.78, 5) is 24.4. The van der Waals surface area contributed by atoms with Gasteiger partial charge in [-0.15, -0.1) is 11.3 Å². The van der Waals surface area contributed by atoms with E-state index in [4.69, 9.17) is 11.6 Å². The van der Waals surface area contributed by atoms with Gasteiger partial charge in [-0.1, -0.05) is 29.8 Å². The Bertz CT molecular complexity index is 711. The number of hydrogen-bond acceptors (Lipinski definition) is 3. The monoisotopic (exact) mass is 337 g/mol. The molecule has 2 aromatic rings. The van der Waals surface area contributed by atoms with Crippen molar-refractivity contribution in [2.24, 2.45) is 0 Å². The van der Waals surface area contributed by atoms with Crippen molar-refractivity contribution in [1.29, 1.82) is 0 Å². The summed E-state index contributed by atoms with van der Waals surface area (Å²) in [6, 6.07) is 7.85. The molecule has 1 atom stereocenters. The Kier molecular flexibility index (Phi) is 5.21. The molecule has 0 aliphatic rings. The van der Waals surface area contributed by atoms with Crippen molar-refractivity contribution in [2.75, 3.05) is 0 Å². The number of aliphatic carboxylic acids is 1. The smallest absolute Gasteiger partial charge is 0.330 e. The van der Waals surface area contributed by atoms with Gasteiger partial charge in [-0.05, 0) is 42.7 Å². The van der Waals surface area contributed by atoms with E-state index in [0.29, 0.717) is 9.90 Å². The summed E-state index contributed by atoms with van der Waals surface area (Å²) in [5.74, 6) is -1.42. The highest BCUT2D eigenvalue weighted by molar-refractivity contribution is 7.16. The summed E-state index contributed by atoms with van der Waals surface area (Å²) in [6.45, 7) is 3.76. The van der Waals surface area contributed by atoms with Gasteiger partial charge in [0, 0.05) is 4.88 Å². The van der Waals surface area contributed by atoms with E-state index in [1.807, 2.05) is 19.9 Å². The number of amides is 1. The van der Waals surface area contributed by atoms with Gasteiger partial charge in [0.2, 0.25) is 5.91 Å². The van der Waals surface area contributed by atoms with E-state index in [9.17, 15) is 14.7 Å². The molecule has 0 radical (unpaired) electrons. The van der Waals surface area contributed by atoms with E-state index in [0.717, 1.165) is 16.0 Å². The summed E-state index contributed by atoms with van der Waals surface area (Å²) in [5.41, 5.74) is 2.46. The fraction of sp³-hybridized carbons (Fsp3) is 0.250. The SMILES string of the molecule is Cc1cccc(C(NC(=O)Cc2ccc(Cl)s2)C(=O)O)c1C. The van der Waals surface area contributed by atoms with Gasteiger partial charge in [0.15, 0.2) is 6.04 Å². The normalized spacial score (nSPS) is 12.0. The van der Waals surface area contributed by atoms with E-state index in [1.165, 1.54) is 11.3 Å². The fourth-order valence-electron chi connectivity index (χ4n) is 2.18. The number of benzene rings is 1. The Morgan fingerprint density at radius 3 is 2.59 bits per heavy atom. The predicted molar refractivity (Wildman–Crippen MR) is 87.5 cm³/mol. The lowest BCUT2D eigenvalue weighted by Crippen LogP contribution is -2.35. The zero-order chi connectivity index (χ0) is 16.3. The predicted octanol–water partition coefficient (Wildman–Crippen LogP) is 3.50. The molecule has 2 rings (SSSR count). The first kappa shape index (κ1) is 16.5. The van der Waals surface area contributed by atoms with Crippen molar-refractivity contribution in [2.45, 2.75) is 26.3 Å². The molecule has 0 aliphatic carbocycles. The number of nitrogens with one attached hydrogen (secondary N) is 1. The van der Waals surface area contributed by atoms with E-state index in [2.05, 4.69) is 5.32 Å².